The van der Waals surface area contributed by atoms with Gasteiger partial charge in [0.1, 0.15) is 6.04 Å². The maximum absolute atomic E-state index is 13.2. The van der Waals surface area contributed by atoms with E-state index in [0.717, 1.165) is 17.0 Å². The number of hydrogen-bond donors (Lipinski definition) is 2. The monoisotopic (exact) mass is 486 g/mol. The van der Waals surface area contributed by atoms with Crippen molar-refractivity contribution in [1.82, 2.24) is 15.1 Å². The molecule has 4 aliphatic rings. The van der Waals surface area contributed by atoms with Crippen molar-refractivity contribution in [2.24, 2.45) is 5.41 Å². The van der Waals surface area contributed by atoms with Crippen molar-refractivity contribution in [3.63, 3.8) is 0 Å². The minimum atomic E-state index is -0.967. The minimum Gasteiger partial charge on any atom is -0.380 e. The molecule has 0 bridgehead atoms. The average Bonchev–Trinajstić information content (AvgIpc) is 3.39. The Morgan fingerprint density at radius 3 is 2.42 bits per heavy atom. The molecule has 3 heterocycles. The molecule has 1 atom stereocenters. The van der Waals surface area contributed by atoms with Gasteiger partial charge < -0.3 is 5.32 Å². The molecule has 1 saturated carbocycles. The molecule has 8 nitrogen and oxygen atoms in total. The molecule has 0 radical (unpaired) electrons. The fourth-order valence-electron chi connectivity index (χ4n) is 6.13. The first-order valence-corrected chi connectivity index (χ1v) is 12.8. The highest BCUT2D eigenvalue weighted by Crippen LogP contribution is 2.48. The molecule has 3 aliphatic heterocycles. The Morgan fingerprint density at radius 1 is 0.944 bits per heavy atom. The van der Waals surface area contributed by atoms with Crippen molar-refractivity contribution < 1.29 is 19.2 Å². The lowest BCUT2D eigenvalue weighted by molar-refractivity contribution is -0.136. The number of hydrogen-bond acceptors (Lipinski definition) is 6. The Hall–Kier alpha value is -3.52. The maximum atomic E-state index is 13.2. The van der Waals surface area contributed by atoms with Gasteiger partial charge in [0.25, 0.3) is 11.8 Å². The number of carbonyl (C=O) groups is 4. The van der Waals surface area contributed by atoms with Crippen molar-refractivity contribution >= 4 is 29.3 Å². The second-order valence-electron chi connectivity index (χ2n) is 10.7. The summed E-state index contributed by atoms with van der Waals surface area (Å²) < 4.78 is 0. The van der Waals surface area contributed by atoms with Crippen LogP contribution in [0.2, 0.25) is 0 Å². The highest BCUT2D eigenvalue weighted by Gasteiger charge is 2.45. The van der Waals surface area contributed by atoms with Crippen LogP contribution < -0.4 is 10.6 Å². The van der Waals surface area contributed by atoms with Crippen LogP contribution in [-0.2, 0) is 22.7 Å². The SMILES string of the molecule is O=C1CCC(N2C(=O)c3cccc(NCc4ccc(CN5CCC6(CCC6)C5)cc4)c3C2=O)C(=O)N1. The first kappa shape index (κ1) is 22.9. The second-order valence-corrected chi connectivity index (χ2v) is 10.7. The lowest BCUT2D eigenvalue weighted by Crippen LogP contribution is -2.54. The maximum Gasteiger partial charge on any atom is 0.264 e. The Kier molecular flexibility index (Phi) is 5.63. The van der Waals surface area contributed by atoms with Crippen molar-refractivity contribution in [2.75, 3.05) is 18.4 Å². The van der Waals surface area contributed by atoms with E-state index in [0.29, 0.717) is 17.6 Å². The molecule has 0 aromatic heterocycles. The van der Waals surface area contributed by atoms with E-state index >= 15 is 0 Å². The van der Waals surface area contributed by atoms with Crippen LogP contribution in [0.4, 0.5) is 5.69 Å². The number of carbonyl (C=O) groups excluding carboxylic acids is 4. The summed E-state index contributed by atoms with van der Waals surface area (Å²) >= 11 is 0. The van der Waals surface area contributed by atoms with Gasteiger partial charge in [-0.15, -0.1) is 0 Å². The van der Waals surface area contributed by atoms with Gasteiger partial charge in [-0.25, -0.2) is 0 Å². The van der Waals surface area contributed by atoms with Crippen LogP contribution in [-0.4, -0.2) is 52.6 Å². The summed E-state index contributed by atoms with van der Waals surface area (Å²) in [6.07, 6.45) is 5.73. The second kappa shape index (κ2) is 8.85. The number of fused-ring (bicyclic) bond motifs is 1. The first-order valence-electron chi connectivity index (χ1n) is 12.8. The summed E-state index contributed by atoms with van der Waals surface area (Å²) in [7, 11) is 0. The van der Waals surface area contributed by atoms with Crippen LogP contribution in [0.15, 0.2) is 42.5 Å². The number of amides is 4. The highest BCUT2D eigenvalue weighted by molar-refractivity contribution is 6.25. The van der Waals surface area contributed by atoms with Crippen molar-refractivity contribution in [2.45, 2.75) is 57.7 Å². The number of nitrogens with one attached hydrogen (secondary N) is 2. The van der Waals surface area contributed by atoms with Crippen molar-refractivity contribution in [3.05, 3.63) is 64.7 Å². The van der Waals surface area contributed by atoms with Gasteiger partial charge in [-0.2, -0.15) is 0 Å². The molecule has 2 N–H and O–H groups in total. The molecule has 1 aliphatic carbocycles. The van der Waals surface area contributed by atoms with Crippen LogP contribution in [0, 0.1) is 5.41 Å². The summed E-state index contributed by atoms with van der Waals surface area (Å²) in [5, 5.41) is 5.54. The van der Waals surface area contributed by atoms with Crippen molar-refractivity contribution in [1.29, 1.82) is 0 Å². The number of anilines is 1. The third kappa shape index (κ3) is 3.99. The summed E-state index contributed by atoms with van der Waals surface area (Å²) in [5.41, 5.74) is 4.10. The smallest absolute Gasteiger partial charge is 0.264 e. The van der Waals surface area contributed by atoms with Gasteiger partial charge in [0, 0.05) is 31.7 Å². The topological polar surface area (TPSA) is 98.8 Å². The van der Waals surface area contributed by atoms with E-state index in [1.54, 1.807) is 18.2 Å². The largest absolute Gasteiger partial charge is 0.380 e. The molecule has 2 aromatic rings. The fraction of sp³-hybridized carbons (Fsp3) is 0.429. The third-order valence-electron chi connectivity index (χ3n) is 8.31. The van der Waals surface area contributed by atoms with Crippen LogP contribution in [0.3, 0.4) is 0 Å². The summed E-state index contributed by atoms with van der Waals surface area (Å²) in [6, 6.07) is 12.7. The van der Waals surface area contributed by atoms with Gasteiger partial charge in [0.15, 0.2) is 0 Å². The van der Waals surface area contributed by atoms with E-state index in [1.165, 1.54) is 44.3 Å². The van der Waals surface area contributed by atoms with E-state index in [9.17, 15) is 19.2 Å². The molecular weight excluding hydrogens is 456 g/mol. The molecule has 1 unspecified atom stereocenters. The zero-order valence-electron chi connectivity index (χ0n) is 20.2. The molecule has 6 rings (SSSR count). The predicted molar refractivity (Wildman–Crippen MR) is 133 cm³/mol. The molecule has 36 heavy (non-hydrogen) atoms. The van der Waals surface area contributed by atoms with E-state index in [4.69, 9.17) is 0 Å². The van der Waals surface area contributed by atoms with Crippen LogP contribution >= 0.6 is 0 Å². The number of nitrogens with zero attached hydrogens (tertiary/aromatic N) is 2. The molecule has 4 amide bonds. The van der Waals surface area contributed by atoms with E-state index in [-0.39, 0.29) is 29.9 Å². The molecule has 3 fully saturated rings. The zero-order chi connectivity index (χ0) is 24.9. The van der Waals surface area contributed by atoms with E-state index < -0.39 is 23.8 Å². The van der Waals surface area contributed by atoms with Crippen LogP contribution in [0.5, 0.6) is 0 Å². The predicted octanol–water partition coefficient (Wildman–Crippen LogP) is 3.08. The average molecular weight is 487 g/mol. The van der Waals surface area contributed by atoms with E-state index in [1.807, 2.05) is 0 Å². The Labute approximate surface area is 210 Å². The summed E-state index contributed by atoms with van der Waals surface area (Å²) in [4.78, 5) is 53.6. The van der Waals surface area contributed by atoms with E-state index in [2.05, 4.69) is 39.8 Å². The fourth-order valence-corrected chi connectivity index (χ4v) is 6.13. The van der Waals surface area contributed by atoms with Crippen molar-refractivity contribution in [3.8, 4) is 0 Å². The number of imide groups is 2. The first-order chi connectivity index (χ1) is 17.4. The van der Waals surface area contributed by atoms with Gasteiger partial charge in [0.2, 0.25) is 11.8 Å². The summed E-state index contributed by atoms with van der Waals surface area (Å²) in [6.45, 7) is 3.89. The van der Waals surface area contributed by atoms with Gasteiger partial charge in [0.05, 0.1) is 11.1 Å². The third-order valence-corrected chi connectivity index (χ3v) is 8.31. The van der Waals surface area contributed by atoms with Crippen LogP contribution in [0.25, 0.3) is 0 Å². The Balaban J connectivity index is 1.11. The molecular formula is C28H30N4O4. The summed E-state index contributed by atoms with van der Waals surface area (Å²) in [5.74, 6) is -1.99. The minimum absolute atomic E-state index is 0.101. The normalized spacial score (nSPS) is 23.1. The standard InChI is InChI=1S/C28H30N4O4/c33-23-10-9-22(25(34)30-23)32-26(35)20-3-1-4-21(24(20)27(32)36)29-15-18-5-7-19(8-6-18)16-31-14-13-28(17-31)11-2-12-28/h1,3-8,22,29H,2,9-17H2,(H,30,33,34). The molecule has 1 spiro atoms. The Bertz CT molecular complexity index is 1250. The van der Waals surface area contributed by atoms with Crippen LogP contribution in [0.1, 0.15) is 70.4 Å². The number of benzene rings is 2. The number of piperidine rings is 1. The highest BCUT2D eigenvalue weighted by atomic mass is 16.2. The van der Waals surface area contributed by atoms with Gasteiger partial charge in [-0.1, -0.05) is 36.8 Å². The number of likely N-dealkylation sites (tertiary alicyclic amines) is 1. The molecule has 2 aromatic carbocycles. The zero-order valence-corrected chi connectivity index (χ0v) is 20.2. The van der Waals surface area contributed by atoms with Gasteiger partial charge >= 0.3 is 0 Å². The number of rotatable bonds is 6. The lowest BCUT2D eigenvalue weighted by atomic mass is 9.68. The molecule has 2 saturated heterocycles. The van der Waals surface area contributed by atoms with Gasteiger partial charge in [-0.05, 0) is 60.9 Å². The molecule has 186 valence electrons. The lowest BCUT2D eigenvalue weighted by Gasteiger charge is -2.38. The molecule has 8 heteroatoms. The van der Waals surface area contributed by atoms with Gasteiger partial charge in [-0.3, -0.25) is 34.3 Å². The Morgan fingerprint density at radius 2 is 1.72 bits per heavy atom. The quantitative estimate of drug-likeness (QED) is 0.609.